The molecule has 0 fully saturated rings. The van der Waals surface area contributed by atoms with Crippen LogP contribution in [0.25, 0.3) is 11.3 Å². The first-order chi connectivity index (χ1) is 12.0. The lowest BCUT2D eigenvalue weighted by molar-refractivity contribution is 0.0999. The topological polar surface area (TPSA) is 57.2 Å². The first kappa shape index (κ1) is 16.8. The van der Waals surface area contributed by atoms with Crippen molar-refractivity contribution in [3.05, 3.63) is 77.0 Å². The van der Waals surface area contributed by atoms with Crippen LogP contribution in [0.1, 0.15) is 27.2 Å². The Labute approximate surface area is 147 Å². The van der Waals surface area contributed by atoms with Crippen molar-refractivity contribution >= 4 is 5.91 Å². The van der Waals surface area contributed by atoms with Crippen LogP contribution < -0.4 is 10.5 Å². The number of amides is 1. The maximum absolute atomic E-state index is 12.0. The number of carbonyl (C=O) groups excluding carboxylic acids is 1. The summed E-state index contributed by atoms with van der Waals surface area (Å²) >= 11 is 0. The number of ether oxygens (including phenoxy) is 1. The molecule has 0 radical (unpaired) electrons. The SMILES string of the molecule is COc1ccc(Cn2c(C)c(C(N)=O)c(C)c2-c2ccccc2)cc1. The van der Waals surface area contributed by atoms with Crippen molar-refractivity contribution in [1.29, 1.82) is 0 Å². The van der Waals surface area contributed by atoms with E-state index in [1.807, 2.05) is 56.3 Å². The minimum atomic E-state index is -0.388. The van der Waals surface area contributed by atoms with Gasteiger partial charge in [-0.3, -0.25) is 4.79 Å². The standard InChI is InChI=1S/C21H22N2O2/c1-14-19(21(22)24)15(2)23(20(14)17-7-5-4-6-8-17)13-16-9-11-18(25-3)12-10-16/h4-12H,13H2,1-3H3,(H2,22,24). The highest BCUT2D eigenvalue weighted by atomic mass is 16.5. The van der Waals surface area contributed by atoms with Crippen molar-refractivity contribution in [3.8, 4) is 17.0 Å². The second-order valence-corrected chi connectivity index (χ2v) is 6.10. The number of hydrogen-bond acceptors (Lipinski definition) is 2. The van der Waals surface area contributed by atoms with Gasteiger partial charge in [0.15, 0.2) is 0 Å². The van der Waals surface area contributed by atoms with Crippen LogP contribution in [0.15, 0.2) is 54.6 Å². The van der Waals surface area contributed by atoms with E-state index in [0.717, 1.165) is 33.8 Å². The molecular weight excluding hydrogens is 312 g/mol. The summed E-state index contributed by atoms with van der Waals surface area (Å²) in [7, 11) is 1.65. The molecule has 2 N–H and O–H groups in total. The number of hydrogen-bond donors (Lipinski definition) is 1. The number of rotatable bonds is 5. The molecule has 0 aliphatic heterocycles. The fourth-order valence-corrected chi connectivity index (χ4v) is 3.34. The third-order valence-electron chi connectivity index (χ3n) is 4.56. The molecule has 0 atom stereocenters. The lowest BCUT2D eigenvalue weighted by Gasteiger charge is -2.13. The third-order valence-corrected chi connectivity index (χ3v) is 4.56. The van der Waals surface area contributed by atoms with Gasteiger partial charge in [-0.2, -0.15) is 0 Å². The van der Waals surface area contributed by atoms with E-state index < -0.39 is 0 Å². The zero-order valence-electron chi connectivity index (χ0n) is 14.7. The monoisotopic (exact) mass is 334 g/mol. The van der Waals surface area contributed by atoms with Crippen molar-refractivity contribution in [2.24, 2.45) is 5.73 Å². The molecule has 0 saturated carbocycles. The summed E-state index contributed by atoms with van der Waals surface area (Å²) in [5.74, 6) is 0.436. The molecule has 1 aromatic heterocycles. The van der Waals surface area contributed by atoms with E-state index in [1.165, 1.54) is 0 Å². The molecule has 0 aliphatic carbocycles. The molecule has 3 rings (SSSR count). The van der Waals surface area contributed by atoms with Crippen molar-refractivity contribution in [2.75, 3.05) is 7.11 Å². The van der Waals surface area contributed by atoms with Crippen LogP contribution in [-0.2, 0) is 6.54 Å². The Hall–Kier alpha value is -3.01. The van der Waals surface area contributed by atoms with Gasteiger partial charge in [-0.1, -0.05) is 42.5 Å². The average Bonchev–Trinajstić information content (AvgIpc) is 2.86. The number of primary amides is 1. The molecule has 25 heavy (non-hydrogen) atoms. The van der Waals surface area contributed by atoms with E-state index in [0.29, 0.717) is 12.1 Å². The lowest BCUT2D eigenvalue weighted by Crippen LogP contribution is -2.13. The second kappa shape index (κ2) is 6.85. The van der Waals surface area contributed by atoms with Gasteiger partial charge in [-0.05, 0) is 42.7 Å². The third kappa shape index (κ3) is 3.15. The van der Waals surface area contributed by atoms with Gasteiger partial charge in [-0.25, -0.2) is 0 Å². The summed E-state index contributed by atoms with van der Waals surface area (Å²) in [6.07, 6.45) is 0. The Morgan fingerprint density at radius 1 is 1.04 bits per heavy atom. The molecule has 4 heteroatoms. The van der Waals surface area contributed by atoms with Gasteiger partial charge in [0, 0.05) is 12.2 Å². The summed E-state index contributed by atoms with van der Waals surface area (Å²) in [6.45, 7) is 4.57. The molecule has 1 amide bonds. The predicted molar refractivity (Wildman–Crippen MR) is 100.0 cm³/mol. The van der Waals surface area contributed by atoms with Gasteiger partial charge in [0.1, 0.15) is 5.75 Å². The molecule has 0 saturated heterocycles. The summed E-state index contributed by atoms with van der Waals surface area (Å²) in [4.78, 5) is 12.0. The molecule has 3 aromatic rings. The van der Waals surface area contributed by atoms with Crippen molar-refractivity contribution in [1.82, 2.24) is 4.57 Å². The van der Waals surface area contributed by atoms with Crippen LogP contribution in [0, 0.1) is 13.8 Å². The molecule has 0 bridgehead atoms. The minimum Gasteiger partial charge on any atom is -0.497 e. The molecule has 128 valence electrons. The first-order valence-electron chi connectivity index (χ1n) is 8.20. The quantitative estimate of drug-likeness (QED) is 0.768. The molecular formula is C21H22N2O2. The van der Waals surface area contributed by atoms with Crippen LogP contribution in [-0.4, -0.2) is 17.6 Å². The van der Waals surface area contributed by atoms with Gasteiger partial charge in [0.05, 0.1) is 18.4 Å². The number of methoxy groups -OCH3 is 1. The van der Waals surface area contributed by atoms with Gasteiger partial charge in [0.2, 0.25) is 0 Å². The fraction of sp³-hybridized carbons (Fsp3) is 0.190. The van der Waals surface area contributed by atoms with Crippen LogP contribution >= 0.6 is 0 Å². The second-order valence-electron chi connectivity index (χ2n) is 6.10. The normalized spacial score (nSPS) is 10.7. The molecule has 0 spiro atoms. The molecule has 1 heterocycles. The Kier molecular flexibility index (Phi) is 4.61. The van der Waals surface area contributed by atoms with E-state index in [4.69, 9.17) is 10.5 Å². The van der Waals surface area contributed by atoms with Gasteiger partial charge < -0.3 is 15.0 Å². The van der Waals surface area contributed by atoms with Crippen molar-refractivity contribution in [3.63, 3.8) is 0 Å². The first-order valence-corrected chi connectivity index (χ1v) is 8.20. The maximum Gasteiger partial charge on any atom is 0.250 e. The van der Waals surface area contributed by atoms with E-state index >= 15 is 0 Å². The Bertz CT molecular complexity index is 894. The van der Waals surface area contributed by atoms with Crippen LogP contribution in [0.2, 0.25) is 0 Å². The summed E-state index contributed by atoms with van der Waals surface area (Å²) < 4.78 is 7.38. The van der Waals surface area contributed by atoms with E-state index in [9.17, 15) is 4.79 Å². The van der Waals surface area contributed by atoms with Crippen molar-refractivity contribution in [2.45, 2.75) is 20.4 Å². The lowest BCUT2D eigenvalue weighted by atomic mass is 10.0. The van der Waals surface area contributed by atoms with Crippen molar-refractivity contribution < 1.29 is 9.53 Å². The molecule has 2 aromatic carbocycles. The van der Waals surface area contributed by atoms with E-state index in [2.05, 4.69) is 16.7 Å². The minimum absolute atomic E-state index is 0.388. The highest BCUT2D eigenvalue weighted by Crippen LogP contribution is 2.31. The summed E-state index contributed by atoms with van der Waals surface area (Å²) in [6, 6.07) is 18.0. The van der Waals surface area contributed by atoms with Crippen LogP contribution in [0.4, 0.5) is 0 Å². The Balaban J connectivity index is 2.13. The number of nitrogens with two attached hydrogens (primary N) is 1. The predicted octanol–water partition coefficient (Wildman–Crippen LogP) is 3.93. The zero-order valence-corrected chi connectivity index (χ0v) is 14.7. The number of nitrogens with zero attached hydrogens (tertiary/aromatic N) is 1. The summed E-state index contributed by atoms with van der Waals surface area (Å²) in [5, 5.41) is 0. The van der Waals surface area contributed by atoms with Gasteiger partial charge in [0.25, 0.3) is 5.91 Å². The highest BCUT2D eigenvalue weighted by molar-refractivity contribution is 5.98. The maximum atomic E-state index is 12.0. The number of benzene rings is 2. The fourth-order valence-electron chi connectivity index (χ4n) is 3.34. The molecule has 0 unspecified atom stereocenters. The van der Waals surface area contributed by atoms with E-state index in [-0.39, 0.29) is 5.91 Å². The molecule has 4 nitrogen and oxygen atoms in total. The zero-order chi connectivity index (χ0) is 18.0. The Morgan fingerprint density at radius 2 is 1.68 bits per heavy atom. The largest absolute Gasteiger partial charge is 0.497 e. The number of aromatic nitrogens is 1. The average molecular weight is 334 g/mol. The van der Waals surface area contributed by atoms with Crippen LogP contribution in [0.3, 0.4) is 0 Å². The summed E-state index contributed by atoms with van der Waals surface area (Å²) in [5.41, 5.74) is 11.3. The number of carbonyl (C=O) groups is 1. The molecule has 0 aliphatic rings. The highest BCUT2D eigenvalue weighted by Gasteiger charge is 2.21. The van der Waals surface area contributed by atoms with Crippen LogP contribution in [0.5, 0.6) is 5.75 Å². The van der Waals surface area contributed by atoms with E-state index in [1.54, 1.807) is 7.11 Å². The Morgan fingerprint density at radius 3 is 2.24 bits per heavy atom. The van der Waals surface area contributed by atoms with Gasteiger partial charge >= 0.3 is 0 Å². The van der Waals surface area contributed by atoms with Gasteiger partial charge in [-0.15, -0.1) is 0 Å². The smallest absolute Gasteiger partial charge is 0.250 e.